The van der Waals surface area contributed by atoms with Gasteiger partial charge >= 0.3 is 0 Å². The molecule has 1 fully saturated rings. The molecule has 0 radical (unpaired) electrons. The van der Waals surface area contributed by atoms with E-state index in [9.17, 15) is 4.79 Å². The van der Waals surface area contributed by atoms with Gasteiger partial charge in [0.15, 0.2) is 5.13 Å². The number of piperidine rings is 1. The maximum Gasteiger partial charge on any atom is 0.229 e. The second-order valence-electron chi connectivity index (χ2n) is 4.39. The number of carbonyl (C=O) groups excluding carboxylic acids is 1. The summed E-state index contributed by atoms with van der Waals surface area (Å²) in [5, 5.41) is 6.96. The average molecular weight is 253 g/mol. The summed E-state index contributed by atoms with van der Waals surface area (Å²) < 4.78 is 0. The number of nitrogens with one attached hydrogen (secondary N) is 2. The zero-order chi connectivity index (χ0) is 12.3. The molecule has 17 heavy (non-hydrogen) atoms. The lowest BCUT2D eigenvalue weighted by Gasteiger charge is -2.20. The topological polar surface area (TPSA) is 54.0 Å². The molecule has 1 aliphatic heterocycles. The third kappa shape index (κ3) is 3.04. The molecule has 2 rings (SSSR count). The Labute approximate surface area is 106 Å². The van der Waals surface area contributed by atoms with Crippen LogP contribution in [0.15, 0.2) is 0 Å². The summed E-state index contributed by atoms with van der Waals surface area (Å²) in [5.41, 5.74) is 1.09. The number of carbonyl (C=O) groups is 1. The van der Waals surface area contributed by atoms with Gasteiger partial charge in [-0.3, -0.25) is 4.79 Å². The second kappa shape index (κ2) is 5.60. The van der Waals surface area contributed by atoms with Gasteiger partial charge in [0, 0.05) is 10.8 Å². The van der Waals surface area contributed by atoms with E-state index in [-0.39, 0.29) is 11.8 Å². The van der Waals surface area contributed by atoms with Crippen LogP contribution in [0.2, 0.25) is 0 Å². The predicted octanol–water partition coefficient (Wildman–Crippen LogP) is 1.95. The van der Waals surface area contributed by atoms with Crippen molar-refractivity contribution in [3.8, 4) is 0 Å². The van der Waals surface area contributed by atoms with Gasteiger partial charge in [-0.2, -0.15) is 0 Å². The normalized spacial score (nSPS) is 17.1. The van der Waals surface area contributed by atoms with E-state index in [2.05, 4.69) is 29.5 Å². The van der Waals surface area contributed by atoms with Crippen molar-refractivity contribution in [2.24, 2.45) is 5.92 Å². The van der Waals surface area contributed by atoms with Crippen LogP contribution < -0.4 is 10.6 Å². The highest BCUT2D eigenvalue weighted by atomic mass is 32.1. The third-order valence-electron chi connectivity index (χ3n) is 3.17. The highest BCUT2D eigenvalue weighted by Gasteiger charge is 2.21. The fraction of sp³-hybridized carbons (Fsp3) is 0.667. The quantitative estimate of drug-likeness (QED) is 0.865. The number of thiazole rings is 1. The molecule has 1 aromatic heterocycles. The minimum atomic E-state index is 0.128. The van der Waals surface area contributed by atoms with E-state index in [0.717, 1.165) is 43.2 Å². The average Bonchev–Trinajstić information content (AvgIpc) is 2.70. The SMILES string of the molecule is CCc1nc(NC(=O)C2CCNCC2)sc1C. The molecular weight excluding hydrogens is 234 g/mol. The zero-order valence-electron chi connectivity index (χ0n) is 10.4. The second-order valence-corrected chi connectivity index (χ2v) is 5.59. The monoisotopic (exact) mass is 253 g/mol. The number of hydrogen-bond donors (Lipinski definition) is 2. The van der Waals surface area contributed by atoms with E-state index in [4.69, 9.17) is 0 Å². The molecule has 5 heteroatoms. The third-order valence-corrected chi connectivity index (χ3v) is 4.10. The predicted molar refractivity (Wildman–Crippen MR) is 70.5 cm³/mol. The molecule has 0 aliphatic carbocycles. The number of aromatic nitrogens is 1. The number of hydrogen-bond acceptors (Lipinski definition) is 4. The van der Waals surface area contributed by atoms with Crippen LogP contribution in [0.5, 0.6) is 0 Å². The van der Waals surface area contributed by atoms with Crippen LogP contribution in [-0.2, 0) is 11.2 Å². The first-order chi connectivity index (χ1) is 8.20. The first-order valence-corrected chi connectivity index (χ1v) is 7.00. The Morgan fingerprint density at radius 1 is 1.53 bits per heavy atom. The minimum Gasteiger partial charge on any atom is -0.317 e. The molecule has 0 atom stereocenters. The number of rotatable bonds is 3. The molecule has 0 unspecified atom stereocenters. The lowest BCUT2D eigenvalue weighted by atomic mass is 9.97. The molecule has 1 aromatic rings. The van der Waals surface area contributed by atoms with Crippen LogP contribution in [-0.4, -0.2) is 24.0 Å². The van der Waals surface area contributed by atoms with Crippen LogP contribution in [0, 0.1) is 12.8 Å². The van der Waals surface area contributed by atoms with Crippen LogP contribution >= 0.6 is 11.3 Å². The van der Waals surface area contributed by atoms with Crippen molar-refractivity contribution in [1.82, 2.24) is 10.3 Å². The molecule has 94 valence electrons. The Bertz CT molecular complexity index is 396. The largest absolute Gasteiger partial charge is 0.317 e. The Kier molecular flexibility index (Phi) is 4.12. The maximum absolute atomic E-state index is 12.0. The van der Waals surface area contributed by atoms with Gasteiger partial charge < -0.3 is 10.6 Å². The van der Waals surface area contributed by atoms with Crippen molar-refractivity contribution in [3.63, 3.8) is 0 Å². The molecule has 1 saturated heterocycles. The van der Waals surface area contributed by atoms with Crippen molar-refractivity contribution in [3.05, 3.63) is 10.6 Å². The van der Waals surface area contributed by atoms with Gasteiger partial charge in [-0.15, -0.1) is 11.3 Å². The minimum absolute atomic E-state index is 0.128. The van der Waals surface area contributed by atoms with Gasteiger partial charge in [-0.1, -0.05) is 6.92 Å². The van der Waals surface area contributed by atoms with E-state index < -0.39 is 0 Å². The van der Waals surface area contributed by atoms with E-state index in [1.165, 1.54) is 4.88 Å². The highest BCUT2D eigenvalue weighted by Crippen LogP contribution is 2.23. The van der Waals surface area contributed by atoms with E-state index in [0.29, 0.717) is 0 Å². The van der Waals surface area contributed by atoms with Gasteiger partial charge in [0.25, 0.3) is 0 Å². The first-order valence-electron chi connectivity index (χ1n) is 6.18. The van der Waals surface area contributed by atoms with Crippen molar-refractivity contribution < 1.29 is 4.79 Å². The molecule has 0 bridgehead atoms. The Hall–Kier alpha value is -0.940. The summed E-state index contributed by atoms with van der Waals surface area (Å²) in [7, 11) is 0. The molecule has 0 saturated carbocycles. The molecule has 4 nitrogen and oxygen atoms in total. The number of amides is 1. The van der Waals surface area contributed by atoms with Crippen molar-refractivity contribution >= 4 is 22.4 Å². The fourth-order valence-electron chi connectivity index (χ4n) is 2.10. The first kappa shape index (κ1) is 12.5. The summed E-state index contributed by atoms with van der Waals surface area (Å²) in [6.07, 6.45) is 2.78. The molecule has 2 heterocycles. The summed E-state index contributed by atoms with van der Waals surface area (Å²) in [5.74, 6) is 0.272. The number of nitrogens with zero attached hydrogens (tertiary/aromatic N) is 1. The molecule has 2 N–H and O–H groups in total. The zero-order valence-corrected chi connectivity index (χ0v) is 11.2. The van der Waals surface area contributed by atoms with Gasteiger partial charge in [-0.25, -0.2) is 4.98 Å². The van der Waals surface area contributed by atoms with Crippen molar-refractivity contribution in [2.45, 2.75) is 33.1 Å². The summed E-state index contributed by atoms with van der Waals surface area (Å²) in [6, 6.07) is 0. The van der Waals surface area contributed by atoms with Crippen LogP contribution in [0.25, 0.3) is 0 Å². The van der Waals surface area contributed by atoms with Gasteiger partial charge in [0.2, 0.25) is 5.91 Å². The van der Waals surface area contributed by atoms with Gasteiger partial charge in [0.1, 0.15) is 0 Å². The summed E-state index contributed by atoms with van der Waals surface area (Å²) in [6.45, 7) is 6.02. The summed E-state index contributed by atoms with van der Waals surface area (Å²) >= 11 is 1.57. The molecule has 1 amide bonds. The van der Waals surface area contributed by atoms with Gasteiger partial charge in [-0.05, 0) is 39.3 Å². The molecule has 1 aliphatic rings. The Balaban J connectivity index is 1.97. The molecule has 0 spiro atoms. The summed E-state index contributed by atoms with van der Waals surface area (Å²) in [4.78, 5) is 17.6. The lowest BCUT2D eigenvalue weighted by molar-refractivity contribution is -0.120. The maximum atomic E-state index is 12.0. The van der Waals surface area contributed by atoms with Crippen molar-refractivity contribution in [2.75, 3.05) is 18.4 Å². The highest BCUT2D eigenvalue weighted by molar-refractivity contribution is 7.15. The molecule has 0 aromatic carbocycles. The van der Waals surface area contributed by atoms with Crippen LogP contribution in [0.4, 0.5) is 5.13 Å². The Morgan fingerprint density at radius 3 is 2.82 bits per heavy atom. The Morgan fingerprint density at radius 2 is 2.24 bits per heavy atom. The number of anilines is 1. The van der Waals surface area contributed by atoms with Crippen LogP contribution in [0.1, 0.15) is 30.3 Å². The lowest BCUT2D eigenvalue weighted by Crippen LogP contribution is -2.34. The number of aryl methyl sites for hydroxylation is 2. The van der Waals surface area contributed by atoms with E-state index in [1.54, 1.807) is 11.3 Å². The van der Waals surface area contributed by atoms with E-state index >= 15 is 0 Å². The smallest absolute Gasteiger partial charge is 0.229 e. The van der Waals surface area contributed by atoms with Gasteiger partial charge in [0.05, 0.1) is 5.69 Å². The molecular formula is C12H19N3OS. The van der Waals surface area contributed by atoms with Crippen molar-refractivity contribution in [1.29, 1.82) is 0 Å². The standard InChI is InChI=1S/C12H19N3OS/c1-3-10-8(2)17-12(14-10)15-11(16)9-4-6-13-7-5-9/h9,13H,3-7H2,1-2H3,(H,14,15,16). The van der Waals surface area contributed by atoms with E-state index in [1.807, 2.05) is 0 Å². The van der Waals surface area contributed by atoms with Crippen LogP contribution in [0.3, 0.4) is 0 Å². The fourth-order valence-corrected chi connectivity index (χ4v) is 3.01.